The molecule has 0 saturated carbocycles. The van der Waals surface area contributed by atoms with E-state index in [1.54, 1.807) is 7.05 Å². The summed E-state index contributed by atoms with van der Waals surface area (Å²) in [4.78, 5) is 35.8. The van der Waals surface area contributed by atoms with Gasteiger partial charge in [0, 0.05) is 61.9 Å². The van der Waals surface area contributed by atoms with Gasteiger partial charge < -0.3 is 19.7 Å². The third-order valence-electron chi connectivity index (χ3n) is 9.95. The fraction of sp³-hybridized carbons (Fsp3) is 0.367. The van der Waals surface area contributed by atoms with Crippen molar-refractivity contribution < 1.29 is 29.4 Å². The number of carbonyl (C=O) groups is 2. The number of hydrogen-bond acceptors (Lipinski definition) is 6. The summed E-state index contributed by atoms with van der Waals surface area (Å²) < 4.78 is 7.22. The first-order chi connectivity index (χ1) is 27.4. The van der Waals surface area contributed by atoms with Crippen molar-refractivity contribution in [3.05, 3.63) is 130 Å². The normalized spacial score (nSPS) is 14.2. The molecule has 0 aliphatic carbocycles. The molecule has 0 spiro atoms. The van der Waals surface area contributed by atoms with Gasteiger partial charge in [-0.05, 0) is 54.0 Å². The SMILES string of the molecule is C.C.CC(C)=[N+](C)O.CC(C)C(=O)N1Cc2ccccc2C#Cc2ccccc21.CC(C)C(=O)N1Cc2ccccc2C2=C(c3ccccc31)C(C)(C)N(C)O2.[2H]B(C)O. The number of anilines is 2. The molecule has 2 N–H and O–H groups in total. The Morgan fingerprint density at radius 2 is 1.17 bits per heavy atom. The van der Waals surface area contributed by atoms with Crippen LogP contribution < -0.4 is 9.80 Å². The molecule has 7 rings (SSSR count). The van der Waals surface area contributed by atoms with Gasteiger partial charge in [0.15, 0.2) is 18.5 Å². The van der Waals surface area contributed by atoms with Crippen LogP contribution in [0.5, 0.6) is 0 Å². The Labute approximate surface area is 356 Å². The number of hydrogen-bond donors (Lipinski definition) is 2. The second-order valence-corrected chi connectivity index (χ2v) is 15.3. The van der Waals surface area contributed by atoms with E-state index in [4.69, 9.17) is 16.4 Å². The first kappa shape index (κ1) is 47.7. The van der Waals surface area contributed by atoms with Crippen molar-refractivity contribution in [1.82, 2.24) is 5.06 Å². The number of benzene rings is 4. The minimum Gasteiger partial charge on any atom is -0.454 e. The van der Waals surface area contributed by atoms with Crippen molar-refractivity contribution in [2.45, 2.75) is 95.7 Å². The van der Waals surface area contributed by atoms with Crippen molar-refractivity contribution in [1.29, 1.82) is 1.34 Å². The smallest absolute Gasteiger partial charge is 0.267 e. The molecule has 0 bridgehead atoms. The molecule has 2 amide bonds. The molecular formula is C49H66BN4O5+. The Bertz CT molecular complexity index is 2220. The van der Waals surface area contributed by atoms with Gasteiger partial charge in [-0.25, -0.2) is 0 Å². The van der Waals surface area contributed by atoms with Gasteiger partial charge in [-0.15, -0.1) is 5.06 Å². The average Bonchev–Trinajstić information content (AvgIpc) is 3.40. The summed E-state index contributed by atoms with van der Waals surface area (Å²) in [6.45, 7) is 18.2. The van der Waals surface area contributed by atoms with Crippen LogP contribution in [-0.2, 0) is 27.5 Å². The number of para-hydroxylation sites is 2. The van der Waals surface area contributed by atoms with Gasteiger partial charge in [-0.2, -0.15) is 0 Å². The summed E-state index contributed by atoms with van der Waals surface area (Å²) in [6, 6.07) is 32.3. The zero-order chi connectivity index (χ0) is 42.9. The van der Waals surface area contributed by atoms with E-state index >= 15 is 0 Å². The lowest BCUT2D eigenvalue weighted by molar-refractivity contribution is -0.755. The van der Waals surface area contributed by atoms with Gasteiger partial charge in [-0.1, -0.05) is 134 Å². The summed E-state index contributed by atoms with van der Waals surface area (Å²) in [5, 5.41) is 18.1. The van der Waals surface area contributed by atoms with Crippen molar-refractivity contribution in [3.8, 4) is 11.8 Å². The van der Waals surface area contributed by atoms with Crippen LogP contribution >= 0.6 is 0 Å². The summed E-state index contributed by atoms with van der Waals surface area (Å²) in [7, 11) is 2.64. The number of hydroxylamine groups is 3. The third-order valence-corrected chi connectivity index (χ3v) is 9.95. The molecule has 3 aliphatic rings. The van der Waals surface area contributed by atoms with Gasteiger partial charge in [0.2, 0.25) is 11.8 Å². The molecule has 0 fully saturated rings. The lowest BCUT2D eigenvalue weighted by Gasteiger charge is -2.32. The highest BCUT2D eigenvalue weighted by Crippen LogP contribution is 2.49. The monoisotopic (exact) mass is 803 g/mol. The van der Waals surface area contributed by atoms with Crippen molar-refractivity contribution in [2.24, 2.45) is 11.8 Å². The van der Waals surface area contributed by atoms with Crippen LogP contribution in [0.1, 0.15) is 104 Å². The summed E-state index contributed by atoms with van der Waals surface area (Å²) >= 11 is 0. The van der Waals surface area contributed by atoms with Gasteiger partial charge in [0.05, 0.1) is 30.0 Å². The lowest BCUT2D eigenvalue weighted by Crippen LogP contribution is -2.38. The maximum absolute atomic E-state index is 13.1. The summed E-state index contributed by atoms with van der Waals surface area (Å²) in [5.41, 5.74) is 9.75. The third kappa shape index (κ3) is 11.5. The number of fused-ring (bicyclic) bond motifs is 6. The molecule has 59 heavy (non-hydrogen) atoms. The van der Waals surface area contributed by atoms with E-state index in [-0.39, 0.29) is 44.0 Å². The Morgan fingerprint density at radius 3 is 1.71 bits per heavy atom. The van der Waals surface area contributed by atoms with Crippen LogP contribution in [0.3, 0.4) is 0 Å². The second kappa shape index (κ2) is 21.9. The van der Waals surface area contributed by atoms with Gasteiger partial charge in [0.1, 0.15) is 0 Å². The second-order valence-electron chi connectivity index (χ2n) is 15.3. The molecule has 314 valence electrons. The predicted molar refractivity (Wildman–Crippen MR) is 247 cm³/mol. The fourth-order valence-electron chi connectivity index (χ4n) is 6.42. The van der Waals surface area contributed by atoms with E-state index in [0.29, 0.717) is 13.1 Å². The number of nitrogens with zero attached hydrogens (tertiary/aromatic N) is 4. The van der Waals surface area contributed by atoms with Crippen molar-refractivity contribution in [3.63, 3.8) is 0 Å². The molecule has 3 heterocycles. The Balaban J connectivity index is 0.000000334. The molecule has 0 radical (unpaired) electrons. The van der Waals surface area contributed by atoms with Gasteiger partial charge in [-0.3, -0.25) is 14.8 Å². The van der Waals surface area contributed by atoms with E-state index < -0.39 is 7.45 Å². The number of rotatable bonds is 2. The van der Waals surface area contributed by atoms with Crippen LogP contribution in [0.25, 0.3) is 11.3 Å². The van der Waals surface area contributed by atoms with Crippen molar-refractivity contribution >= 4 is 47.7 Å². The maximum atomic E-state index is 13.1. The molecular weight excluding hydrogens is 735 g/mol. The average molecular weight is 803 g/mol. The maximum Gasteiger partial charge on any atom is 0.267 e. The minimum atomic E-state index is -0.917. The van der Waals surface area contributed by atoms with Crippen LogP contribution in [0.15, 0.2) is 97.1 Å². The highest BCUT2D eigenvalue weighted by molar-refractivity contribution is 6.22. The zero-order valence-electron chi connectivity index (χ0n) is 36.3. The first-order valence-corrected chi connectivity index (χ1v) is 19.4. The van der Waals surface area contributed by atoms with Gasteiger partial charge >= 0.3 is 0 Å². The standard InChI is InChI=1S/C23H26N2O2.C19H17NO.C4H10NO.CH5BO.2CH4/c1-15(2)22(26)25-14-16-10-6-7-11-17(16)21-20(23(3,4)24(5)27-21)18-12-8-9-13-19(18)25;1-14(2)19(21)20-13-17-9-4-3-7-15(17)11-12-16-8-5-6-10-18(16)20;1-4(2)5(3)6;1-2-3;;/h6-13,15H,14H2,1-5H3;3-10,14H,13H2,1-2H3;6H,1-3H3;2-3H,1H3;2*1H4/q;;+1;;;/i;;;2D;;. The highest BCUT2D eigenvalue weighted by Gasteiger charge is 2.44. The largest absolute Gasteiger partial charge is 0.454 e. The molecule has 4 aromatic rings. The topological polar surface area (TPSA) is 96.6 Å². The van der Waals surface area contributed by atoms with Gasteiger partial charge in [0.25, 0.3) is 7.45 Å². The minimum absolute atomic E-state index is 0. The Morgan fingerprint density at radius 1 is 0.763 bits per heavy atom. The van der Waals surface area contributed by atoms with Crippen LogP contribution in [-0.4, -0.2) is 66.0 Å². The predicted octanol–water partition coefficient (Wildman–Crippen LogP) is 9.45. The fourth-order valence-corrected chi connectivity index (χ4v) is 6.42. The molecule has 4 aromatic carbocycles. The van der Waals surface area contributed by atoms with E-state index in [9.17, 15) is 9.59 Å². The lowest BCUT2D eigenvalue weighted by atomic mass is 9.83. The Kier molecular flexibility index (Phi) is 17.8. The van der Waals surface area contributed by atoms with E-state index in [1.165, 1.54) is 6.82 Å². The van der Waals surface area contributed by atoms with E-state index in [2.05, 4.69) is 43.9 Å². The number of likely N-dealkylation sites (N-methyl/N-ethyl adjacent to an activating group) is 1. The van der Waals surface area contributed by atoms with E-state index in [1.807, 2.05) is 142 Å². The molecule has 9 nitrogen and oxygen atoms in total. The summed E-state index contributed by atoms with van der Waals surface area (Å²) in [6.07, 6.45) is 0. The van der Waals surface area contributed by atoms with Crippen LogP contribution in [0.4, 0.5) is 11.4 Å². The van der Waals surface area contributed by atoms with Crippen LogP contribution in [0, 0.1) is 23.7 Å². The molecule has 3 aliphatic heterocycles. The first-order valence-electron chi connectivity index (χ1n) is 19.9. The van der Waals surface area contributed by atoms with E-state index in [0.717, 1.165) is 66.5 Å². The molecule has 0 unspecified atom stereocenters. The zero-order valence-corrected chi connectivity index (χ0v) is 35.3. The molecule has 10 heteroatoms. The number of carbonyl (C=O) groups excluding carboxylic acids is 2. The Hall–Kier alpha value is -5.63. The number of amides is 2. The molecule has 0 atom stereocenters. The quantitative estimate of drug-likeness (QED) is 0.0524. The van der Waals surface area contributed by atoms with Crippen molar-refractivity contribution in [2.75, 3.05) is 23.9 Å². The summed E-state index contributed by atoms with van der Waals surface area (Å²) in [5.74, 6) is 7.45. The molecule has 0 aromatic heterocycles. The molecule has 0 saturated heterocycles. The van der Waals surface area contributed by atoms with Crippen LogP contribution in [0.2, 0.25) is 6.82 Å². The highest BCUT2D eigenvalue weighted by atomic mass is 16.7.